The Morgan fingerprint density at radius 2 is 1.38 bits per heavy atom. The molecule has 0 aliphatic rings. The summed E-state index contributed by atoms with van der Waals surface area (Å²) in [7, 11) is -5.96. The molecule has 2 aromatic rings. The average Bonchev–Trinajstić information content (AvgIpc) is 2.53. The molecule has 0 aliphatic carbocycles. The van der Waals surface area contributed by atoms with E-state index in [0.717, 1.165) is 11.6 Å². The molecule has 0 amide bonds. The van der Waals surface area contributed by atoms with Crippen molar-refractivity contribution in [2.24, 2.45) is 5.73 Å². The van der Waals surface area contributed by atoms with Gasteiger partial charge in [0.1, 0.15) is 5.75 Å². The second-order valence-electron chi connectivity index (χ2n) is 4.50. The van der Waals surface area contributed by atoms with Gasteiger partial charge in [-0.15, -0.1) is 0 Å². The van der Waals surface area contributed by atoms with Crippen LogP contribution in [0.3, 0.4) is 0 Å². The Morgan fingerprint density at radius 1 is 0.958 bits per heavy atom. The van der Waals surface area contributed by atoms with Gasteiger partial charge in [0.2, 0.25) is 0 Å². The lowest BCUT2D eigenvalue weighted by Gasteiger charge is -2.08. The van der Waals surface area contributed by atoms with Gasteiger partial charge >= 0.3 is 5.51 Å². The number of rotatable bonds is 4. The quantitative estimate of drug-likeness (QED) is 0.503. The molecule has 0 saturated heterocycles. The third kappa shape index (κ3) is 6.91. The van der Waals surface area contributed by atoms with Gasteiger partial charge in [0.25, 0.3) is 0 Å². The SMILES string of the molecule is NC[S+](Cc1ccccc1)c1ccccc1.O=S(=O)([O-])C(F)(F)F. The highest BCUT2D eigenvalue weighted by Crippen LogP contribution is 2.20. The molecule has 132 valence electrons. The Hall–Kier alpha value is -1.55. The summed E-state index contributed by atoms with van der Waals surface area (Å²) in [5.74, 6) is 1.76. The summed E-state index contributed by atoms with van der Waals surface area (Å²) >= 11 is 0. The molecule has 0 spiro atoms. The summed E-state index contributed by atoms with van der Waals surface area (Å²) in [6.07, 6.45) is 0. The maximum absolute atomic E-state index is 10.7. The fourth-order valence-electron chi connectivity index (χ4n) is 1.63. The van der Waals surface area contributed by atoms with Crippen LogP contribution in [-0.4, -0.2) is 24.4 Å². The van der Waals surface area contributed by atoms with Gasteiger partial charge in [-0.05, 0) is 12.1 Å². The fourth-order valence-corrected chi connectivity index (χ4v) is 3.24. The van der Waals surface area contributed by atoms with E-state index in [-0.39, 0.29) is 10.9 Å². The van der Waals surface area contributed by atoms with Crippen molar-refractivity contribution in [3.8, 4) is 0 Å². The molecule has 0 saturated carbocycles. The Balaban J connectivity index is 0.000000307. The zero-order valence-electron chi connectivity index (χ0n) is 12.4. The molecule has 1 atom stereocenters. The van der Waals surface area contributed by atoms with E-state index in [1.165, 1.54) is 10.5 Å². The van der Waals surface area contributed by atoms with E-state index >= 15 is 0 Å². The molecule has 1 unspecified atom stereocenters. The molecule has 2 rings (SSSR count). The van der Waals surface area contributed by atoms with Crippen molar-refractivity contribution in [1.82, 2.24) is 0 Å². The van der Waals surface area contributed by atoms with Crippen molar-refractivity contribution in [3.05, 3.63) is 66.2 Å². The topological polar surface area (TPSA) is 83.2 Å². The second kappa shape index (κ2) is 9.07. The minimum atomic E-state index is -6.09. The van der Waals surface area contributed by atoms with Crippen molar-refractivity contribution in [1.29, 1.82) is 0 Å². The highest BCUT2D eigenvalue weighted by atomic mass is 32.2. The molecule has 2 aromatic carbocycles. The number of hydrogen-bond donors (Lipinski definition) is 1. The molecule has 9 heteroatoms. The lowest BCUT2D eigenvalue weighted by Crippen LogP contribution is -2.21. The van der Waals surface area contributed by atoms with Crippen LogP contribution in [0.1, 0.15) is 5.56 Å². The molecule has 24 heavy (non-hydrogen) atoms. The molecular weight excluding hydrogens is 363 g/mol. The number of alkyl halides is 3. The minimum absolute atomic E-state index is 0.132. The lowest BCUT2D eigenvalue weighted by molar-refractivity contribution is -0.0517. The zero-order chi connectivity index (χ0) is 18.2. The van der Waals surface area contributed by atoms with Crippen molar-refractivity contribution in [2.75, 3.05) is 5.88 Å². The van der Waals surface area contributed by atoms with Crippen LogP contribution < -0.4 is 5.73 Å². The minimum Gasteiger partial charge on any atom is -0.741 e. The lowest BCUT2D eigenvalue weighted by atomic mass is 10.2. The van der Waals surface area contributed by atoms with E-state index < -0.39 is 15.6 Å². The zero-order valence-corrected chi connectivity index (χ0v) is 14.1. The van der Waals surface area contributed by atoms with Gasteiger partial charge in [0.05, 0.1) is 0 Å². The van der Waals surface area contributed by atoms with Gasteiger partial charge in [-0.2, -0.15) is 13.2 Å². The summed E-state index contributed by atoms with van der Waals surface area (Å²) in [5, 5.41) is 0. The Kier molecular flexibility index (Phi) is 7.74. The third-order valence-electron chi connectivity index (χ3n) is 2.74. The monoisotopic (exact) mass is 379 g/mol. The molecule has 4 nitrogen and oxygen atoms in total. The van der Waals surface area contributed by atoms with E-state index in [1.54, 1.807) is 0 Å². The number of halogens is 3. The van der Waals surface area contributed by atoms with Crippen LogP contribution in [0.2, 0.25) is 0 Å². The summed E-state index contributed by atoms with van der Waals surface area (Å²) in [6.45, 7) is 0. The van der Waals surface area contributed by atoms with E-state index in [2.05, 4.69) is 48.5 Å². The van der Waals surface area contributed by atoms with Gasteiger partial charge in [-0.3, -0.25) is 5.73 Å². The van der Waals surface area contributed by atoms with Crippen LogP contribution in [0, 0.1) is 0 Å². The molecule has 0 radical (unpaired) electrons. The van der Waals surface area contributed by atoms with Gasteiger partial charge in [0, 0.05) is 16.5 Å². The molecule has 0 aliphatic heterocycles. The summed E-state index contributed by atoms with van der Waals surface area (Å²) < 4.78 is 58.9. The van der Waals surface area contributed by atoms with Crippen LogP contribution in [0.4, 0.5) is 13.2 Å². The highest BCUT2D eigenvalue weighted by Gasteiger charge is 2.36. The largest absolute Gasteiger partial charge is 0.741 e. The molecule has 0 heterocycles. The third-order valence-corrected chi connectivity index (χ3v) is 5.33. The van der Waals surface area contributed by atoms with Crippen LogP contribution in [-0.2, 0) is 26.8 Å². The summed E-state index contributed by atoms with van der Waals surface area (Å²) in [5.41, 5.74) is 1.58. The van der Waals surface area contributed by atoms with Crippen LogP contribution in [0.25, 0.3) is 0 Å². The Morgan fingerprint density at radius 3 is 1.75 bits per heavy atom. The molecule has 0 aromatic heterocycles. The maximum atomic E-state index is 10.7. The second-order valence-corrected chi connectivity index (χ2v) is 7.95. The highest BCUT2D eigenvalue weighted by molar-refractivity contribution is 7.96. The standard InChI is InChI=1S/C14H16NS.CHF3O3S/c15-12-16(14-9-5-2-6-10-14)11-13-7-3-1-4-8-13;2-1(3,4)8(5,6)7/h1-10H,11-12,15H2;(H,5,6,7)/q+1;/p-1. The van der Waals surface area contributed by atoms with E-state index in [4.69, 9.17) is 18.7 Å². The van der Waals surface area contributed by atoms with E-state index in [0.29, 0.717) is 0 Å². The first-order valence-electron chi connectivity index (χ1n) is 6.64. The van der Waals surface area contributed by atoms with Crippen molar-refractivity contribution in [3.63, 3.8) is 0 Å². The van der Waals surface area contributed by atoms with E-state index in [1.807, 2.05) is 12.1 Å². The molecule has 0 fully saturated rings. The maximum Gasteiger partial charge on any atom is 0.485 e. The molecule has 2 N–H and O–H groups in total. The van der Waals surface area contributed by atoms with E-state index in [9.17, 15) is 13.2 Å². The smallest absolute Gasteiger partial charge is 0.485 e. The predicted molar refractivity (Wildman–Crippen MR) is 87.0 cm³/mol. The fraction of sp³-hybridized carbons (Fsp3) is 0.200. The van der Waals surface area contributed by atoms with Crippen LogP contribution >= 0.6 is 0 Å². The first kappa shape index (κ1) is 20.5. The van der Waals surface area contributed by atoms with Crippen LogP contribution in [0.5, 0.6) is 0 Å². The Labute approximate surface area is 141 Å². The average molecular weight is 379 g/mol. The first-order valence-corrected chi connectivity index (χ1v) is 9.61. The first-order chi connectivity index (χ1) is 11.1. The van der Waals surface area contributed by atoms with Crippen molar-refractivity contribution < 1.29 is 26.1 Å². The Bertz CT molecular complexity index is 708. The molecule has 0 bridgehead atoms. The molecular formula is C15H16F3NO3S2. The number of benzene rings is 2. The van der Waals surface area contributed by atoms with Crippen molar-refractivity contribution in [2.45, 2.75) is 16.2 Å². The number of nitrogens with two attached hydrogens (primary N) is 1. The van der Waals surface area contributed by atoms with Crippen molar-refractivity contribution >= 4 is 21.0 Å². The van der Waals surface area contributed by atoms with Gasteiger partial charge < -0.3 is 4.55 Å². The summed E-state index contributed by atoms with van der Waals surface area (Å²) in [6, 6.07) is 21.1. The van der Waals surface area contributed by atoms with Gasteiger partial charge in [-0.1, -0.05) is 48.5 Å². The normalized spacial score (nSPS) is 12.9. The van der Waals surface area contributed by atoms with Gasteiger partial charge in [-0.25, -0.2) is 8.42 Å². The van der Waals surface area contributed by atoms with Crippen LogP contribution in [0.15, 0.2) is 65.6 Å². The summed E-state index contributed by atoms with van der Waals surface area (Å²) in [4.78, 5) is 1.36. The van der Waals surface area contributed by atoms with Gasteiger partial charge in [0.15, 0.2) is 20.9 Å². The number of hydrogen-bond acceptors (Lipinski definition) is 4. The predicted octanol–water partition coefficient (Wildman–Crippen LogP) is 2.83.